The Morgan fingerprint density at radius 1 is 1.27 bits per heavy atom. The average Bonchev–Trinajstić information content (AvgIpc) is 2.75. The van der Waals surface area contributed by atoms with Gasteiger partial charge in [0, 0.05) is 5.39 Å². The van der Waals surface area contributed by atoms with Crippen LogP contribution in [0.3, 0.4) is 0 Å². The first-order valence-electron chi connectivity index (χ1n) is 4.54. The summed E-state index contributed by atoms with van der Waals surface area (Å²) in [5, 5.41) is 13.1. The fourth-order valence-corrected chi connectivity index (χ4v) is 1.97. The number of rotatable bonds is 0. The highest BCUT2D eigenvalue weighted by Crippen LogP contribution is 2.27. The van der Waals surface area contributed by atoms with Crippen molar-refractivity contribution < 1.29 is 0 Å². The van der Waals surface area contributed by atoms with Crippen molar-refractivity contribution in [1.29, 1.82) is 0 Å². The van der Waals surface area contributed by atoms with Crippen LogP contribution in [-0.4, -0.2) is 20.0 Å². The number of tetrazole rings is 1. The Balaban J connectivity index is 2.70. The number of aromatic nitrogens is 4. The number of hydrogen-bond acceptors (Lipinski definition) is 3. The minimum atomic E-state index is 0.605. The molecule has 0 spiro atoms. The van der Waals surface area contributed by atoms with Crippen molar-refractivity contribution in [2.75, 3.05) is 0 Å². The molecular formula is C10H7ClN4. The topological polar surface area (TPSA) is 43.1 Å². The predicted molar refractivity (Wildman–Crippen MR) is 58.0 cm³/mol. The molecule has 4 nitrogen and oxygen atoms in total. The third kappa shape index (κ3) is 1.05. The van der Waals surface area contributed by atoms with Gasteiger partial charge in [-0.2, -0.15) is 4.52 Å². The third-order valence-corrected chi connectivity index (χ3v) is 2.98. The molecule has 5 heteroatoms. The van der Waals surface area contributed by atoms with Gasteiger partial charge in [-0.1, -0.05) is 29.8 Å². The highest BCUT2D eigenvalue weighted by atomic mass is 35.5. The first kappa shape index (κ1) is 8.61. The standard InChI is InChI=1S/C10H7ClN4/c1-6-7-4-2-3-5-8(7)15-10(9(6)11)12-13-14-15/h2-5H,1H3. The quantitative estimate of drug-likeness (QED) is 0.581. The van der Waals surface area contributed by atoms with Gasteiger partial charge >= 0.3 is 0 Å². The van der Waals surface area contributed by atoms with E-state index in [1.54, 1.807) is 4.52 Å². The number of hydrogen-bond donors (Lipinski definition) is 0. The zero-order chi connectivity index (χ0) is 10.4. The molecule has 0 radical (unpaired) electrons. The Kier molecular flexibility index (Phi) is 1.67. The second-order valence-electron chi connectivity index (χ2n) is 3.37. The Morgan fingerprint density at radius 3 is 2.93 bits per heavy atom. The molecule has 0 bridgehead atoms. The maximum atomic E-state index is 6.18. The van der Waals surface area contributed by atoms with E-state index in [0.29, 0.717) is 10.7 Å². The summed E-state index contributed by atoms with van der Waals surface area (Å²) < 4.78 is 1.66. The number of aryl methyl sites for hydroxylation is 1. The molecule has 0 aliphatic heterocycles. The van der Waals surface area contributed by atoms with Gasteiger partial charge in [-0.05, 0) is 29.0 Å². The molecule has 0 aliphatic carbocycles. The van der Waals surface area contributed by atoms with Crippen LogP contribution in [-0.2, 0) is 0 Å². The van der Waals surface area contributed by atoms with Crippen molar-refractivity contribution >= 4 is 28.2 Å². The lowest BCUT2D eigenvalue weighted by molar-refractivity contribution is 0.841. The Morgan fingerprint density at radius 2 is 2.07 bits per heavy atom. The van der Waals surface area contributed by atoms with Crippen LogP contribution in [0.1, 0.15) is 5.56 Å². The highest BCUT2D eigenvalue weighted by Gasteiger charge is 2.11. The number of halogens is 1. The summed E-state index contributed by atoms with van der Waals surface area (Å²) in [6.45, 7) is 1.97. The minimum Gasteiger partial charge on any atom is -0.191 e. The van der Waals surface area contributed by atoms with Crippen LogP contribution in [0.15, 0.2) is 24.3 Å². The smallest absolute Gasteiger partial charge is 0.191 e. The van der Waals surface area contributed by atoms with Gasteiger partial charge in [-0.3, -0.25) is 0 Å². The molecule has 2 aromatic heterocycles. The van der Waals surface area contributed by atoms with E-state index in [2.05, 4.69) is 15.5 Å². The largest absolute Gasteiger partial charge is 0.198 e. The van der Waals surface area contributed by atoms with Crippen LogP contribution < -0.4 is 0 Å². The molecule has 0 saturated heterocycles. The van der Waals surface area contributed by atoms with Crippen molar-refractivity contribution in [3.8, 4) is 0 Å². The van der Waals surface area contributed by atoms with Gasteiger partial charge in [0.1, 0.15) is 0 Å². The van der Waals surface area contributed by atoms with Gasteiger partial charge < -0.3 is 0 Å². The molecule has 0 saturated carbocycles. The second kappa shape index (κ2) is 2.90. The van der Waals surface area contributed by atoms with E-state index in [1.165, 1.54) is 0 Å². The summed E-state index contributed by atoms with van der Waals surface area (Å²) in [7, 11) is 0. The lowest BCUT2D eigenvalue weighted by atomic mass is 10.1. The summed E-state index contributed by atoms with van der Waals surface area (Å²) >= 11 is 6.18. The van der Waals surface area contributed by atoms with Crippen LogP contribution in [0.4, 0.5) is 0 Å². The monoisotopic (exact) mass is 218 g/mol. The second-order valence-corrected chi connectivity index (χ2v) is 3.75. The SMILES string of the molecule is Cc1c(Cl)c2nnnn2c2ccccc12. The normalized spacial score (nSPS) is 11.3. The van der Waals surface area contributed by atoms with E-state index in [-0.39, 0.29) is 0 Å². The third-order valence-electron chi connectivity index (χ3n) is 2.53. The van der Waals surface area contributed by atoms with Gasteiger partial charge in [0.15, 0.2) is 5.65 Å². The van der Waals surface area contributed by atoms with Crippen LogP contribution in [0.25, 0.3) is 16.6 Å². The van der Waals surface area contributed by atoms with Crippen LogP contribution in [0.2, 0.25) is 5.02 Å². The molecule has 15 heavy (non-hydrogen) atoms. The summed E-state index contributed by atoms with van der Waals surface area (Å²) in [6.07, 6.45) is 0. The average molecular weight is 219 g/mol. The molecular weight excluding hydrogens is 212 g/mol. The van der Waals surface area contributed by atoms with Crippen molar-refractivity contribution in [3.05, 3.63) is 34.9 Å². The predicted octanol–water partition coefficient (Wildman–Crippen LogP) is 2.24. The minimum absolute atomic E-state index is 0.605. The number of pyridine rings is 1. The molecule has 74 valence electrons. The zero-order valence-corrected chi connectivity index (χ0v) is 8.73. The van der Waals surface area contributed by atoms with Gasteiger partial charge in [-0.15, -0.1) is 5.10 Å². The van der Waals surface area contributed by atoms with Gasteiger partial charge in [-0.25, -0.2) is 0 Å². The lowest BCUT2D eigenvalue weighted by Crippen LogP contribution is -1.94. The maximum Gasteiger partial charge on any atom is 0.198 e. The summed E-state index contributed by atoms with van der Waals surface area (Å²) in [5.41, 5.74) is 2.59. The van der Waals surface area contributed by atoms with Gasteiger partial charge in [0.05, 0.1) is 10.5 Å². The molecule has 0 unspecified atom stereocenters. The first-order chi connectivity index (χ1) is 7.29. The Hall–Kier alpha value is -1.68. The summed E-state index contributed by atoms with van der Waals surface area (Å²) in [5.74, 6) is 0. The highest BCUT2D eigenvalue weighted by molar-refractivity contribution is 6.35. The Bertz CT molecular complexity index is 659. The van der Waals surface area contributed by atoms with E-state index >= 15 is 0 Å². The van der Waals surface area contributed by atoms with Crippen LogP contribution >= 0.6 is 11.6 Å². The van der Waals surface area contributed by atoms with Crippen molar-refractivity contribution in [1.82, 2.24) is 20.0 Å². The molecule has 0 atom stereocenters. The number of para-hydroxylation sites is 1. The van der Waals surface area contributed by atoms with E-state index in [1.807, 2.05) is 31.2 Å². The van der Waals surface area contributed by atoms with Crippen LogP contribution in [0.5, 0.6) is 0 Å². The molecule has 1 aromatic carbocycles. The maximum absolute atomic E-state index is 6.18. The zero-order valence-electron chi connectivity index (χ0n) is 7.98. The molecule has 3 rings (SSSR count). The fraction of sp³-hybridized carbons (Fsp3) is 0.100. The number of fused-ring (bicyclic) bond motifs is 3. The van der Waals surface area contributed by atoms with Crippen molar-refractivity contribution in [2.24, 2.45) is 0 Å². The van der Waals surface area contributed by atoms with Gasteiger partial charge in [0.2, 0.25) is 0 Å². The Labute approximate surface area is 90.5 Å². The first-order valence-corrected chi connectivity index (χ1v) is 4.92. The van der Waals surface area contributed by atoms with Crippen LogP contribution in [0, 0.1) is 6.92 Å². The van der Waals surface area contributed by atoms with Crippen molar-refractivity contribution in [2.45, 2.75) is 6.92 Å². The van der Waals surface area contributed by atoms with Crippen molar-refractivity contribution in [3.63, 3.8) is 0 Å². The van der Waals surface area contributed by atoms with E-state index in [4.69, 9.17) is 11.6 Å². The van der Waals surface area contributed by atoms with E-state index in [0.717, 1.165) is 16.5 Å². The fourth-order valence-electron chi connectivity index (χ4n) is 1.75. The molecule has 0 N–H and O–H groups in total. The van der Waals surface area contributed by atoms with Gasteiger partial charge in [0.25, 0.3) is 0 Å². The molecule has 2 heterocycles. The van der Waals surface area contributed by atoms with E-state index < -0.39 is 0 Å². The molecule has 0 aliphatic rings. The summed E-state index contributed by atoms with van der Waals surface area (Å²) in [6, 6.07) is 7.92. The summed E-state index contributed by atoms with van der Waals surface area (Å²) in [4.78, 5) is 0. The molecule has 0 amide bonds. The number of benzene rings is 1. The number of nitrogens with zero attached hydrogens (tertiary/aromatic N) is 4. The molecule has 3 aromatic rings. The molecule has 0 fully saturated rings. The van der Waals surface area contributed by atoms with E-state index in [9.17, 15) is 0 Å². The lowest BCUT2D eigenvalue weighted by Gasteiger charge is -2.05.